The summed E-state index contributed by atoms with van der Waals surface area (Å²) in [5.74, 6) is -0.0686. The van der Waals surface area contributed by atoms with Crippen LogP contribution in [0.15, 0.2) is 51.9 Å². The minimum Gasteiger partial charge on any atom is -0.426 e. The largest absolute Gasteiger partial charge is 0.426 e. The first-order valence-electron chi connectivity index (χ1n) is 7.31. The van der Waals surface area contributed by atoms with Crippen molar-refractivity contribution < 1.29 is 13.9 Å². The molecular weight excluding hydrogens is 294 g/mol. The molecule has 1 aliphatic rings. The summed E-state index contributed by atoms with van der Waals surface area (Å²) in [5.41, 5.74) is 2.60. The zero-order valence-electron chi connectivity index (χ0n) is 12.4. The number of ether oxygens (including phenoxy) is 1. The molecule has 114 valence electrons. The molecule has 0 saturated heterocycles. The molecule has 0 unspecified atom stereocenters. The smallest absolute Gasteiger partial charge is 0.336 e. The van der Waals surface area contributed by atoms with E-state index in [9.17, 15) is 9.59 Å². The lowest BCUT2D eigenvalue weighted by molar-refractivity contribution is -0.135. The van der Waals surface area contributed by atoms with E-state index in [2.05, 4.69) is 4.98 Å². The van der Waals surface area contributed by atoms with Crippen molar-refractivity contribution in [3.63, 3.8) is 0 Å². The van der Waals surface area contributed by atoms with Crippen molar-refractivity contribution in [2.45, 2.75) is 19.3 Å². The van der Waals surface area contributed by atoms with Gasteiger partial charge >= 0.3 is 11.6 Å². The highest BCUT2D eigenvalue weighted by Gasteiger charge is 2.31. The topological polar surface area (TPSA) is 69.4 Å². The van der Waals surface area contributed by atoms with E-state index in [1.54, 1.807) is 18.5 Å². The Kier molecular flexibility index (Phi) is 3.01. The highest BCUT2D eigenvalue weighted by molar-refractivity contribution is 5.89. The van der Waals surface area contributed by atoms with Crippen molar-refractivity contribution in [2.75, 3.05) is 0 Å². The van der Waals surface area contributed by atoms with E-state index in [1.165, 1.54) is 6.07 Å². The number of aromatic nitrogens is 1. The van der Waals surface area contributed by atoms with Crippen molar-refractivity contribution in [3.8, 4) is 5.75 Å². The van der Waals surface area contributed by atoms with E-state index in [4.69, 9.17) is 9.15 Å². The second kappa shape index (κ2) is 5.05. The van der Waals surface area contributed by atoms with Gasteiger partial charge in [0.2, 0.25) is 0 Å². The number of hydrogen-bond donors (Lipinski definition) is 0. The number of carbonyl (C=O) groups is 1. The van der Waals surface area contributed by atoms with Gasteiger partial charge < -0.3 is 9.15 Å². The number of esters is 1. The number of rotatable bonds is 1. The number of aryl methyl sites for hydroxylation is 1. The summed E-state index contributed by atoms with van der Waals surface area (Å²) < 4.78 is 10.8. The fourth-order valence-electron chi connectivity index (χ4n) is 3.12. The second-order valence-corrected chi connectivity index (χ2v) is 5.61. The van der Waals surface area contributed by atoms with Crippen molar-refractivity contribution in [3.05, 3.63) is 69.8 Å². The van der Waals surface area contributed by atoms with Gasteiger partial charge in [0, 0.05) is 35.3 Å². The first-order valence-corrected chi connectivity index (χ1v) is 7.31. The molecule has 0 fully saturated rings. The average Bonchev–Trinajstić information content (AvgIpc) is 2.54. The van der Waals surface area contributed by atoms with Gasteiger partial charge in [0.15, 0.2) is 0 Å². The maximum absolute atomic E-state index is 11.9. The van der Waals surface area contributed by atoms with Crippen molar-refractivity contribution in [2.24, 2.45) is 0 Å². The van der Waals surface area contributed by atoms with E-state index in [0.717, 1.165) is 22.1 Å². The predicted octanol–water partition coefficient (Wildman–Crippen LogP) is 2.94. The first-order chi connectivity index (χ1) is 11.1. The Labute approximate surface area is 131 Å². The number of hydrogen-bond acceptors (Lipinski definition) is 5. The molecule has 0 N–H and O–H groups in total. The molecule has 23 heavy (non-hydrogen) atoms. The van der Waals surface area contributed by atoms with Crippen molar-refractivity contribution in [1.29, 1.82) is 0 Å². The van der Waals surface area contributed by atoms with Gasteiger partial charge in [-0.05, 0) is 42.3 Å². The number of fused-ring (bicyclic) bond motifs is 3. The fourth-order valence-corrected chi connectivity index (χ4v) is 3.12. The molecule has 0 bridgehead atoms. The van der Waals surface area contributed by atoms with Crippen LogP contribution < -0.4 is 10.4 Å². The second-order valence-electron chi connectivity index (χ2n) is 5.61. The normalized spacial score (nSPS) is 16.9. The maximum atomic E-state index is 11.9. The number of nitrogens with zero attached hydrogens (tertiary/aromatic N) is 1. The van der Waals surface area contributed by atoms with Crippen LogP contribution in [0.5, 0.6) is 5.75 Å². The summed E-state index contributed by atoms with van der Waals surface area (Å²) in [6.45, 7) is 1.86. The quantitative estimate of drug-likeness (QED) is 0.393. The molecule has 4 rings (SSSR count). The number of carbonyl (C=O) groups excluding carboxylic acids is 1. The van der Waals surface area contributed by atoms with Crippen LogP contribution >= 0.6 is 0 Å². The lowest BCUT2D eigenvalue weighted by atomic mass is 9.85. The van der Waals surface area contributed by atoms with Crippen LogP contribution in [0.25, 0.3) is 11.0 Å². The van der Waals surface area contributed by atoms with Gasteiger partial charge in [-0.15, -0.1) is 0 Å². The third-order valence-electron chi connectivity index (χ3n) is 4.17. The molecule has 0 saturated carbocycles. The Balaban J connectivity index is 2.06. The first kappa shape index (κ1) is 13.7. The van der Waals surface area contributed by atoms with Crippen LogP contribution in [0, 0.1) is 6.92 Å². The molecule has 3 heterocycles. The van der Waals surface area contributed by atoms with E-state index < -0.39 is 5.63 Å². The average molecular weight is 307 g/mol. The minimum absolute atomic E-state index is 0.202. The summed E-state index contributed by atoms with van der Waals surface area (Å²) in [4.78, 5) is 27.8. The SMILES string of the molecule is Cc1cc(=O)oc2c3c(ccc12)OC(=O)C[C@@H]3c1ccncc1. The third-order valence-corrected chi connectivity index (χ3v) is 4.17. The molecule has 0 aliphatic carbocycles. The zero-order chi connectivity index (χ0) is 16.0. The van der Waals surface area contributed by atoms with Gasteiger partial charge in [0.05, 0.1) is 6.42 Å². The van der Waals surface area contributed by atoms with E-state index in [-0.39, 0.29) is 18.3 Å². The summed E-state index contributed by atoms with van der Waals surface area (Å²) in [6, 6.07) is 8.76. The van der Waals surface area contributed by atoms with Gasteiger partial charge in [-0.25, -0.2) is 4.79 Å². The minimum atomic E-state index is -0.409. The summed E-state index contributed by atoms with van der Waals surface area (Å²) in [7, 11) is 0. The number of pyridine rings is 1. The molecule has 0 spiro atoms. The van der Waals surface area contributed by atoms with E-state index in [0.29, 0.717) is 11.3 Å². The maximum Gasteiger partial charge on any atom is 0.336 e. The molecule has 0 amide bonds. The lowest BCUT2D eigenvalue weighted by Crippen LogP contribution is -2.21. The van der Waals surface area contributed by atoms with Gasteiger partial charge in [-0.2, -0.15) is 0 Å². The Hall–Kier alpha value is -2.95. The lowest BCUT2D eigenvalue weighted by Gasteiger charge is -2.25. The molecule has 5 heteroatoms. The van der Waals surface area contributed by atoms with Crippen LogP contribution in [0.1, 0.15) is 29.0 Å². The van der Waals surface area contributed by atoms with Crippen LogP contribution in [0.4, 0.5) is 0 Å². The summed E-state index contributed by atoms with van der Waals surface area (Å²) >= 11 is 0. The third kappa shape index (κ3) is 2.21. The molecule has 1 aliphatic heterocycles. The van der Waals surface area contributed by atoms with Gasteiger partial charge in [0.1, 0.15) is 11.3 Å². The number of benzene rings is 1. The predicted molar refractivity (Wildman–Crippen MR) is 83.6 cm³/mol. The summed E-state index contributed by atoms with van der Waals surface area (Å²) in [5, 5.41) is 0.848. The Morgan fingerprint density at radius 1 is 1.13 bits per heavy atom. The zero-order valence-corrected chi connectivity index (χ0v) is 12.4. The molecule has 1 atom stereocenters. The molecule has 1 aromatic carbocycles. The van der Waals surface area contributed by atoms with Crippen LogP contribution in [-0.4, -0.2) is 11.0 Å². The summed E-state index contributed by atoms with van der Waals surface area (Å²) in [6.07, 6.45) is 3.57. The van der Waals surface area contributed by atoms with Gasteiger partial charge in [-0.3, -0.25) is 9.78 Å². The van der Waals surface area contributed by atoms with Crippen LogP contribution in [0.3, 0.4) is 0 Å². The van der Waals surface area contributed by atoms with Crippen LogP contribution in [0.2, 0.25) is 0 Å². The van der Waals surface area contributed by atoms with E-state index in [1.807, 2.05) is 25.1 Å². The Morgan fingerprint density at radius 2 is 1.91 bits per heavy atom. The van der Waals surface area contributed by atoms with Gasteiger partial charge in [-0.1, -0.05) is 0 Å². The van der Waals surface area contributed by atoms with Crippen LogP contribution in [-0.2, 0) is 4.79 Å². The molecule has 2 aromatic heterocycles. The van der Waals surface area contributed by atoms with Gasteiger partial charge in [0.25, 0.3) is 0 Å². The fraction of sp³-hybridized carbons (Fsp3) is 0.167. The van der Waals surface area contributed by atoms with Crippen molar-refractivity contribution >= 4 is 16.9 Å². The molecule has 3 aromatic rings. The standard InChI is InChI=1S/C18H13NO4/c1-10-8-15(20)23-18-12(10)2-3-14-17(18)13(9-16(21)22-14)11-4-6-19-7-5-11/h2-8,13H,9H2,1H3/t13-/m1/s1. The Morgan fingerprint density at radius 3 is 2.70 bits per heavy atom. The molecular formula is C18H13NO4. The van der Waals surface area contributed by atoms with Crippen molar-refractivity contribution in [1.82, 2.24) is 4.98 Å². The Bertz CT molecular complexity index is 975. The van der Waals surface area contributed by atoms with E-state index >= 15 is 0 Å². The monoisotopic (exact) mass is 307 g/mol. The molecule has 5 nitrogen and oxygen atoms in total. The highest BCUT2D eigenvalue weighted by atomic mass is 16.5. The highest BCUT2D eigenvalue weighted by Crippen LogP contribution is 2.42. The molecule has 0 radical (unpaired) electrons.